The lowest BCUT2D eigenvalue weighted by molar-refractivity contribution is -0.133. The average molecular weight is 451 g/mol. The fourth-order valence-corrected chi connectivity index (χ4v) is 3.58. The average Bonchev–Trinajstić information content (AvgIpc) is 3.18. The standard InChI is InChI=1S/C21H34N6O5/c1-6-16(7-2)32-18-9-14(21(30)31)8-17(20(18)23-13(3)28)22-10-15-11-27(25-24-15)12-19(29)26(4)5/h9,11,16-18,20,22H,6-8,10,12H2,1-5H3,(H,23,28)(H,30,31)/t17-,18+,20+/m0/s1. The number of ether oxygens (including phenoxy) is 1. The van der Waals surface area contributed by atoms with Gasteiger partial charge in [-0.1, -0.05) is 19.1 Å². The molecule has 0 radical (unpaired) electrons. The number of carbonyl (C=O) groups is 3. The molecule has 178 valence electrons. The zero-order valence-corrected chi connectivity index (χ0v) is 19.4. The van der Waals surface area contributed by atoms with Gasteiger partial charge >= 0.3 is 5.97 Å². The number of aromatic nitrogens is 3. The van der Waals surface area contributed by atoms with E-state index in [1.807, 2.05) is 13.8 Å². The minimum absolute atomic E-state index is 0.0459. The fourth-order valence-electron chi connectivity index (χ4n) is 3.58. The molecule has 1 aliphatic rings. The van der Waals surface area contributed by atoms with Crippen molar-refractivity contribution in [2.45, 2.75) is 77.4 Å². The van der Waals surface area contributed by atoms with Gasteiger partial charge in [0.05, 0.1) is 30.1 Å². The molecule has 0 aromatic carbocycles. The highest BCUT2D eigenvalue weighted by molar-refractivity contribution is 5.87. The van der Waals surface area contributed by atoms with E-state index in [0.29, 0.717) is 12.2 Å². The second-order valence-corrected chi connectivity index (χ2v) is 8.15. The summed E-state index contributed by atoms with van der Waals surface area (Å²) in [4.78, 5) is 36.9. The van der Waals surface area contributed by atoms with E-state index in [9.17, 15) is 19.5 Å². The van der Waals surface area contributed by atoms with Crippen LogP contribution in [0.5, 0.6) is 0 Å². The Kier molecular flexibility index (Phi) is 9.33. The monoisotopic (exact) mass is 450 g/mol. The Bertz CT molecular complexity index is 832. The van der Waals surface area contributed by atoms with Crippen LogP contribution in [-0.4, -0.2) is 81.2 Å². The van der Waals surface area contributed by atoms with E-state index in [2.05, 4.69) is 20.9 Å². The lowest BCUT2D eigenvalue weighted by Gasteiger charge is -2.38. The molecular weight excluding hydrogens is 416 g/mol. The van der Waals surface area contributed by atoms with Gasteiger partial charge < -0.3 is 25.4 Å². The summed E-state index contributed by atoms with van der Waals surface area (Å²) < 4.78 is 7.62. The second-order valence-electron chi connectivity index (χ2n) is 8.15. The zero-order chi connectivity index (χ0) is 23.8. The fraction of sp³-hybridized carbons (Fsp3) is 0.667. The van der Waals surface area contributed by atoms with Crippen molar-refractivity contribution in [3.05, 3.63) is 23.5 Å². The predicted octanol–water partition coefficient (Wildman–Crippen LogP) is 0.318. The van der Waals surface area contributed by atoms with Crippen LogP contribution < -0.4 is 10.6 Å². The second kappa shape index (κ2) is 11.7. The van der Waals surface area contributed by atoms with Crippen molar-refractivity contribution in [3.8, 4) is 0 Å². The van der Waals surface area contributed by atoms with Crippen LogP contribution in [0, 0.1) is 0 Å². The van der Waals surface area contributed by atoms with E-state index in [0.717, 1.165) is 12.8 Å². The zero-order valence-electron chi connectivity index (χ0n) is 19.4. The van der Waals surface area contributed by atoms with E-state index in [1.165, 1.54) is 16.5 Å². The van der Waals surface area contributed by atoms with Gasteiger partial charge in [0.2, 0.25) is 11.8 Å². The Morgan fingerprint density at radius 2 is 2.00 bits per heavy atom. The topological polar surface area (TPSA) is 139 Å². The van der Waals surface area contributed by atoms with Gasteiger partial charge in [-0.3, -0.25) is 9.59 Å². The van der Waals surface area contributed by atoms with E-state index >= 15 is 0 Å². The summed E-state index contributed by atoms with van der Waals surface area (Å²) in [6, 6.07) is -0.829. The molecule has 3 N–H and O–H groups in total. The lowest BCUT2D eigenvalue weighted by atomic mass is 9.87. The summed E-state index contributed by atoms with van der Waals surface area (Å²) in [5.74, 6) is -1.34. The molecule has 0 saturated heterocycles. The number of carboxylic acid groups (broad SMARTS) is 1. The molecule has 1 heterocycles. The van der Waals surface area contributed by atoms with Crippen LogP contribution in [0.1, 0.15) is 45.7 Å². The summed E-state index contributed by atoms with van der Waals surface area (Å²) >= 11 is 0. The third-order valence-electron chi connectivity index (χ3n) is 5.43. The number of rotatable bonds is 11. The van der Waals surface area contributed by atoms with E-state index in [1.54, 1.807) is 26.4 Å². The van der Waals surface area contributed by atoms with Gasteiger partial charge in [0.15, 0.2) is 0 Å². The number of nitrogens with zero attached hydrogens (tertiary/aromatic N) is 4. The highest BCUT2D eigenvalue weighted by Gasteiger charge is 2.37. The molecule has 2 amide bonds. The van der Waals surface area contributed by atoms with Crippen LogP contribution in [0.15, 0.2) is 17.8 Å². The molecule has 0 unspecified atom stereocenters. The Labute approximate surface area is 188 Å². The Morgan fingerprint density at radius 3 is 2.56 bits per heavy atom. The highest BCUT2D eigenvalue weighted by Crippen LogP contribution is 2.25. The predicted molar refractivity (Wildman–Crippen MR) is 117 cm³/mol. The molecule has 1 aromatic rings. The first-order valence-corrected chi connectivity index (χ1v) is 10.8. The van der Waals surface area contributed by atoms with Crippen LogP contribution >= 0.6 is 0 Å². The molecule has 1 aromatic heterocycles. The van der Waals surface area contributed by atoms with Crippen molar-refractivity contribution in [2.24, 2.45) is 0 Å². The smallest absolute Gasteiger partial charge is 0.331 e. The number of nitrogens with one attached hydrogen (secondary N) is 2. The summed E-state index contributed by atoms with van der Waals surface area (Å²) in [7, 11) is 3.33. The van der Waals surface area contributed by atoms with Crippen molar-refractivity contribution >= 4 is 17.8 Å². The van der Waals surface area contributed by atoms with Crippen LogP contribution in [0.2, 0.25) is 0 Å². The normalized spacial score (nSPS) is 20.7. The quantitative estimate of drug-likeness (QED) is 0.438. The Hall–Kier alpha value is -2.79. The number of hydrogen-bond acceptors (Lipinski definition) is 7. The van der Waals surface area contributed by atoms with E-state index < -0.39 is 18.1 Å². The molecule has 1 aliphatic carbocycles. The maximum atomic E-state index is 11.9. The van der Waals surface area contributed by atoms with Crippen molar-refractivity contribution < 1.29 is 24.2 Å². The first kappa shape index (κ1) is 25.5. The third kappa shape index (κ3) is 7.13. The van der Waals surface area contributed by atoms with Gasteiger partial charge in [0.1, 0.15) is 6.54 Å². The van der Waals surface area contributed by atoms with Gasteiger partial charge in [-0.05, 0) is 25.3 Å². The molecular formula is C21H34N6O5. The maximum absolute atomic E-state index is 11.9. The van der Waals surface area contributed by atoms with Crippen molar-refractivity contribution in [1.82, 2.24) is 30.5 Å². The molecule has 0 saturated carbocycles. The van der Waals surface area contributed by atoms with Crippen LogP contribution in [0.4, 0.5) is 0 Å². The SMILES string of the molecule is CCC(CC)O[C@@H]1C=C(C(=O)O)C[C@H](NCc2cn(CC(=O)N(C)C)nn2)[C@H]1NC(C)=O. The van der Waals surface area contributed by atoms with Gasteiger partial charge in [-0.2, -0.15) is 0 Å². The van der Waals surface area contributed by atoms with Crippen molar-refractivity contribution in [1.29, 1.82) is 0 Å². The Morgan fingerprint density at radius 1 is 1.31 bits per heavy atom. The van der Waals surface area contributed by atoms with Gasteiger partial charge in [0.25, 0.3) is 0 Å². The van der Waals surface area contributed by atoms with Crippen LogP contribution in [0.3, 0.4) is 0 Å². The number of hydrogen-bond donors (Lipinski definition) is 3. The summed E-state index contributed by atoms with van der Waals surface area (Å²) in [6.07, 6.45) is 4.42. The van der Waals surface area contributed by atoms with Crippen LogP contribution in [-0.2, 0) is 32.2 Å². The largest absolute Gasteiger partial charge is 0.478 e. The number of amides is 2. The summed E-state index contributed by atoms with van der Waals surface area (Å²) in [6.45, 7) is 5.81. The lowest BCUT2D eigenvalue weighted by Crippen LogP contribution is -2.58. The third-order valence-corrected chi connectivity index (χ3v) is 5.43. The molecule has 0 fully saturated rings. The van der Waals surface area contributed by atoms with Gasteiger partial charge in [-0.15, -0.1) is 5.10 Å². The van der Waals surface area contributed by atoms with Crippen molar-refractivity contribution in [3.63, 3.8) is 0 Å². The van der Waals surface area contributed by atoms with Gasteiger partial charge in [-0.25, -0.2) is 9.48 Å². The number of carbonyl (C=O) groups excluding carboxylic acids is 2. The molecule has 11 heteroatoms. The minimum Gasteiger partial charge on any atom is -0.478 e. The molecule has 2 rings (SSSR count). The van der Waals surface area contributed by atoms with E-state index in [-0.39, 0.29) is 42.5 Å². The van der Waals surface area contributed by atoms with Gasteiger partial charge in [0, 0.05) is 39.2 Å². The highest BCUT2D eigenvalue weighted by atomic mass is 16.5. The first-order valence-electron chi connectivity index (χ1n) is 10.8. The maximum Gasteiger partial charge on any atom is 0.331 e. The number of likely N-dealkylation sites (N-methyl/N-ethyl adjacent to an activating group) is 1. The summed E-state index contributed by atoms with van der Waals surface area (Å²) in [5, 5.41) is 23.9. The molecule has 0 spiro atoms. The number of aliphatic carboxylic acids is 1. The molecule has 32 heavy (non-hydrogen) atoms. The Balaban J connectivity index is 2.17. The van der Waals surface area contributed by atoms with E-state index in [4.69, 9.17) is 4.74 Å². The number of carboxylic acids is 1. The molecule has 0 bridgehead atoms. The van der Waals surface area contributed by atoms with Crippen LogP contribution in [0.25, 0.3) is 0 Å². The van der Waals surface area contributed by atoms with Crippen molar-refractivity contribution in [2.75, 3.05) is 14.1 Å². The minimum atomic E-state index is -1.01. The molecule has 11 nitrogen and oxygen atoms in total. The summed E-state index contributed by atoms with van der Waals surface area (Å²) in [5.41, 5.74) is 0.835. The first-order chi connectivity index (χ1) is 15.1. The molecule has 0 aliphatic heterocycles. The molecule has 3 atom stereocenters.